The van der Waals surface area contributed by atoms with E-state index in [-0.39, 0.29) is 16.1 Å². The SMILES string of the molecule is COC(=O)c1c(-c2ccc(C)cc2)csc1NC(=O)c1cc([N+](=O)[O-])c(Cl)c([N+](=O)[O-])c1. The highest BCUT2D eigenvalue weighted by Gasteiger charge is 2.28. The van der Waals surface area contributed by atoms with E-state index in [0.29, 0.717) is 11.1 Å². The van der Waals surface area contributed by atoms with Gasteiger partial charge in [-0.1, -0.05) is 41.4 Å². The van der Waals surface area contributed by atoms with Gasteiger partial charge in [-0.3, -0.25) is 25.0 Å². The summed E-state index contributed by atoms with van der Waals surface area (Å²) >= 11 is 6.77. The van der Waals surface area contributed by atoms with Crippen LogP contribution in [0.3, 0.4) is 0 Å². The molecule has 164 valence electrons. The van der Waals surface area contributed by atoms with Crippen LogP contribution in [0.4, 0.5) is 16.4 Å². The molecule has 32 heavy (non-hydrogen) atoms. The smallest absolute Gasteiger partial charge is 0.341 e. The molecule has 10 nitrogen and oxygen atoms in total. The Morgan fingerprint density at radius 1 is 1.06 bits per heavy atom. The van der Waals surface area contributed by atoms with Gasteiger partial charge >= 0.3 is 5.97 Å². The first-order chi connectivity index (χ1) is 15.1. The molecule has 1 aromatic heterocycles. The van der Waals surface area contributed by atoms with Crippen LogP contribution in [0.25, 0.3) is 11.1 Å². The summed E-state index contributed by atoms with van der Waals surface area (Å²) in [5.41, 5.74) is 0.400. The van der Waals surface area contributed by atoms with Gasteiger partial charge in [-0.15, -0.1) is 11.3 Å². The van der Waals surface area contributed by atoms with E-state index in [0.717, 1.165) is 29.0 Å². The fraction of sp³-hybridized carbons (Fsp3) is 0.100. The molecule has 0 radical (unpaired) electrons. The van der Waals surface area contributed by atoms with Gasteiger partial charge in [0, 0.05) is 23.1 Å². The number of benzene rings is 2. The largest absolute Gasteiger partial charge is 0.465 e. The molecule has 0 spiro atoms. The second kappa shape index (κ2) is 9.12. The van der Waals surface area contributed by atoms with Gasteiger partial charge in [-0.2, -0.15) is 0 Å². The molecule has 2 aromatic carbocycles. The van der Waals surface area contributed by atoms with Gasteiger partial charge in [-0.25, -0.2) is 4.79 Å². The Labute approximate surface area is 189 Å². The van der Waals surface area contributed by atoms with Crippen molar-refractivity contribution < 1.29 is 24.2 Å². The highest BCUT2D eigenvalue weighted by molar-refractivity contribution is 7.15. The molecular weight excluding hydrogens is 462 g/mol. The fourth-order valence-electron chi connectivity index (χ4n) is 2.87. The van der Waals surface area contributed by atoms with E-state index >= 15 is 0 Å². The van der Waals surface area contributed by atoms with Crippen LogP contribution in [0.1, 0.15) is 26.3 Å². The highest BCUT2D eigenvalue weighted by atomic mass is 35.5. The zero-order chi connectivity index (χ0) is 23.6. The van der Waals surface area contributed by atoms with Crippen molar-refractivity contribution in [2.75, 3.05) is 12.4 Å². The summed E-state index contributed by atoms with van der Waals surface area (Å²) in [6, 6.07) is 8.99. The van der Waals surface area contributed by atoms with Gasteiger partial charge in [0.2, 0.25) is 0 Å². The summed E-state index contributed by atoms with van der Waals surface area (Å²) in [5, 5.41) is 26.0. The number of rotatable bonds is 6. The minimum absolute atomic E-state index is 0.0904. The number of carbonyl (C=O) groups excluding carboxylic acids is 2. The molecular formula is C20H14ClN3O7S. The van der Waals surface area contributed by atoms with Gasteiger partial charge in [0.1, 0.15) is 10.6 Å². The Balaban J connectivity index is 2.05. The van der Waals surface area contributed by atoms with Gasteiger partial charge in [0.25, 0.3) is 17.3 Å². The van der Waals surface area contributed by atoms with E-state index in [4.69, 9.17) is 16.3 Å². The molecule has 1 N–H and O–H groups in total. The number of thiophene rings is 1. The summed E-state index contributed by atoms with van der Waals surface area (Å²) in [4.78, 5) is 45.8. The Hall–Kier alpha value is -3.83. The van der Waals surface area contributed by atoms with Crippen molar-refractivity contribution >= 4 is 51.2 Å². The van der Waals surface area contributed by atoms with Crippen LogP contribution in [0.2, 0.25) is 5.02 Å². The topological polar surface area (TPSA) is 142 Å². The lowest BCUT2D eigenvalue weighted by atomic mass is 10.0. The predicted molar refractivity (Wildman–Crippen MR) is 119 cm³/mol. The number of nitrogens with zero attached hydrogens (tertiary/aromatic N) is 2. The molecule has 0 saturated carbocycles. The molecule has 3 rings (SSSR count). The predicted octanol–water partition coefficient (Wildman–Crippen LogP) is 5.23. The maximum Gasteiger partial charge on any atom is 0.341 e. The van der Waals surface area contributed by atoms with Crippen molar-refractivity contribution in [3.63, 3.8) is 0 Å². The number of carbonyl (C=O) groups is 2. The molecule has 0 bridgehead atoms. The average Bonchev–Trinajstić information content (AvgIpc) is 3.16. The number of aryl methyl sites for hydroxylation is 1. The fourth-order valence-corrected chi connectivity index (χ4v) is 4.07. The van der Waals surface area contributed by atoms with E-state index in [2.05, 4.69) is 5.32 Å². The maximum atomic E-state index is 12.8. The van der Waals surface area contributed by atoms with Gasteiger partial charge < -0.3 is 10.1 Å². The highest BCUT2D eigenvalue weighted by Crippen LogP contribution is 2.38. The summed E-state index contributed by atoms with van der Waals surface area (Å²) in [6.45, 7) is 1.91. The molecule has 0 aliphatic carbocycles. The lowest BCUT2D eigenvalue weighted by molar-refractivity contribution is -0.393. The monoisotopic (exact) mass is 475 g/mol. The normalized spacial score (nSPS) is 10.5. The third-order valence-electron chi connectivity index (χ3n) is 4.46. The van der Waals surface area contributed by atoms with Crippen molar-refractivity contribution in [1.82, 2.24) is 0 Å². The number of esters is 1. The Kier molecular flexibility index (Phi) is 6.51. The molecule has 0 saturated heterocycles. The molecule has 0 unspecified atom stereocenters. The number of methoxy groups -OCH3 is 1. The van der Waals surface area contributed by atoms with Crippen LogP contribution >= 0.6 is 22.9 Å². The molecule has 0 fully saturated rings. The van der Waals surface area contributed by atoms with Crippen LogP contribution in [0, 0.1) is 27.2 Å². The summed E-state index contributed by atoms with van der Waals surface area (Å²) in [7, 11) is 1.19. The number of amides is 1. The number of anilines is 1. The van der Waals surface area contributed by atoms with Crippen molar-refractivity contribution in [2.24, 2.45) is 0 Å². The third-order valence-corrected chi connectivity index (χ3v) is 5.74. The minimum Gasteiger partial charge on any atom is -0.465 e. The Morgan fingerprint density at radius 3 is 2.12 bits per heavy atom. The third kappa shape index (κ3) is 4.43. The van der Waals surface area contributed by atoms with Crippen LogP contribution in [-0.4, -0.2) is 28.8 Å². The number of halogens is 1. The number of hydrogen-bond donors (Lipinski definition) is 1. The first-order valence-corrected chi connectivity index (χ1v) is 10.1. The number of ether oxygens (including phenoxy) is 1. The number of nitrogens with one attached hydrogen (secondary N) is 1. The second-order valence-corrected chi connectivity index (χ2v) is 7.77. The standard InChI is InChI=1S/C20H14ClN3O7S/c1-10-3-5-11(6-4-10)13-9-32-19(16(13)20(26)31-2)22-18(25)12-7-14(23(27)28)17(21)15(8-12)24(29)30/h3-9H,1-2H3,(H,22,25). The molecule has 3 aromatic rings. The zero-order valence-corrected chi connectivity index (χ0v) is 18.2. The molecule has 1 amide bonds. The molecule has 12 heteroatoms. The molecule has 0 aliphatic rings. The van der Waals surface area contributed by atoms with E-state index in [1.54, 1.807) is 17.5 Å². The van der Waals surface area contributed by atoms with E-state index < -0.39 is 38.1 Å². The van der Waals surface area contributed by atoms with E-state index in [1.807, 2.05) is 19.1 Å². The van der Waals surface area contributed by atoms with Crippen molar-refractivity contribution in [3.8, 4) is 11.1 Å². The van der Waals surface area contributed by atoms with Gasteiger partial charge in [-0.05, 0) is 12.5 Å². The molecule has 1 heterocycles. The number of hydrogen-bond acceptors (Lipinski definition) is 8. The van der Waals surface area contributed by atoms with Crippen LogP contribution in [0.15, 0.2) is 41.8 Å². The minimum atomic E-state index is -0.924. The first kappa shape index (κ1) is 22.8. The quantitative estimate of drug-likeness (QED) is 0.292. The van der Waals surface area contributed by atoms with Crippen LogP contribution < -0.4 is 5.32 Å². The zero-order valence-electron chi connectivity index (χ0n) is 16.6. The van der Waals surface area contributed by atoms with Crippen LogP contribution in [-0.2, 0) is 4.74 Å². The molecule has 0 atom stereocenters. The number of nitro groups is 2. The van der Waals surface area contributed by atoms with E-state index in [1.165, 1.54) is 7.11 Å². The Morgan fingerprint density at radius 2 is 1.62 bits per heavy atom. The lowest BCUT2D eigenvalue weighted by Crippen LogP contribution is -2.15. The maximum absolute atomic E-state index is 12.8. The lowest BCUT2D eigenvalue weighted by Gasteiger charge is -2.08. The number of nitro benzene ring substituents is 2. The Bertz CT molecular complexity index is 1220. The van der Waals surface area contributed by atoms with E-state index in [9.17, 15) is 29.8 Å². The van der Waals surface area contributed by atoms with Gasteiger partial charge in [0.05, 0.1) is 22.5 Å². The van der Waals surface area contributed by atoms with Gasteiger partial charge in [0.15, 0.2) is 5.02 Å². The summed E-state index contributed by atoms with van der Waals surface area (Å²) < 4.78 is 4.85. The van der Waals surface area contributed by atoms with Crippen molar-refractivity contribution in [1.29, 1.82) is 0 Å². The van der Waals surface area contributed by atoms with Crippen molar-refractivity contribution in [2.45, 2.75) is 6.92 Å². The average molecular weight is 476 g/mol. The molecule has 0 aliphatic heterocycles. The summed E-state index contributed by atoms with van der Waals surface area (Å²) in [6.07, 6.45) is 0. The second-order valence-electron chi connectivity index (χ2n) is 6.51. The van der Waals surface area contributed by atoms with Crippen molar-refractivity contribution in [3.05, 3.63) is 83.7 Å². The first-order valence-electron chi connectivity index (χ1n) is 8.84. The summed E-state index contributed by atoms with van der Waals surface area (Å²) in [5.74, 6) is -1.60. The van der Waals surface area contributed by atoms with Crippen LogP contribution in [0.5, 0.6) is 0 Å².